The highest BCUT2D eigenvalue weighted by Gasteiger charge is 2.42. The lowest BCUT2D eigenvalue weighted by molar-refractivity contribution is -0.134. The maximum Gasteiger partial charge on any atom is 0.234 e. The minimum atomic E-state index is -0.743. The maximum absolute atomic E-state index is 14.7. The van der Waals surface area contributed by atoms with E-state index in [4.69, 9.17) is 0 Å². The van der Waals surface area contributed by atoms with Gasteiger partial charge in [0, 0.05) is 19.5 Å². The Morgan fingerprint density at radius 3 is 2.42 bits per heavy atom. The van der Waals surface area contributed by atoms with Gasteiger partial charge in [0.2, 0.25) is 11.8 Å². The number of benzene rings is 1. The third kappa shape index (κ3) is 3.47. The average Bonchev–Trinajstić information content (AvgIpc) is 2.55. The summed E-state index contributed by atoms with van der Waals surface area (Å²) in [6.45, 7) is 7.25. The molecule has 1 aromatic rings. The van der Waals surface area contributed by atoms with E-state index >= 15 is 0 Å². The Bertz CT molecular complexity index is 718. The van der Waals surface area contributed by atoms with Gasteiger partial charge in [-0.15, -0.1) is 0 Å². The number of imide groups is 1. The summed E-state index contributed by atoms with van der Waals surface area (Å²) in [6.07, 6.45) is 1.86. The molecule has 1 unspecified atom stereocenters. The highest BCUT2D eigenvalue weighted by Crippen LogP contribution is 2.40. The van der Waals surface area contributed by atoms with Crippen LogP contribution in [0.3, 0.4) is 0 Å². The van der Waals surface area contributed by atoms with E-state index < -0.39 is 11.5 Å². The molecule has 2 amide bonds. The second-order valence-electron chi connectivity index (χ2n) is 8.48. The molecule has 3 rings (SSSR count). The van der Waals surface area contributed by atoms with E-state index in [-0.39, 0.29) is 29.5 Å². The van der Waals surface area contributed by atoms with Crippen LogP contribution in [-0.4, -0.2) is 35.6 Å². The first-order valence-corrected chi connectivity index (χ1v) is 9.21. The van der Waals surface area contributed by atoms with Gasteiger partial charge < -0.3 is 10.0 Å². The summed E-state index contributed by atoms with van der Waals surface area (Å²) in [7, 11) is 0. The van der Waals surface area contributed by atoms with E-state index in [2.05, 4.69) is 5.32 Å². The van der Waals surface area contributed by atoms with E-state index in [1.807, 2.05) is 25.7 Å². The fourth-order valence-corrected chi connectivity index (χ4v) is 3.88. The van der Waals surface area contributed by atoms with Crippen molar-refractivity contribution >= 4 is 17.5 Å². The van der Waals surface area contributed by atoms with Gasteiger partial charge in [0.05, 0.1) is 17.2 Å². The van der Waals surface area contributed by atoms with Crippen molar-refractivity contribution in [3.8, 4) is 0 Å². The molecular weight excluding hydrogens is 335 g/mol. The van der Waals surface area contributed by atoms with Crippen molar-refractivity contribution < 1.29 is 19.1 Å². The van der Waals surface area contributed by atoms with Crippen LogP contribution in [0.2, 0.25) is 0 Å². The SMILES string of the molecule is CC(C)(C)C1(O)CCN(c2ccc(C3CCC(=O)NC3=O)cc2F)CC1. The summed E-state index contributed by atoms with van der Waals surface area (Å²) in [5.74, 6) is -1.48. The third-order valence-electron chi connectivity index (χ3n) is 5.94. The normalized spacial score (nSPS) is 23.7. The van der Waals surface area contributed by atoms with Crippen LogP contribution in [0.15, 0.2) is 18.2 Å². The number of rotatable bonds is 2. The highest BCUT2D eigenvalue weighted by atomic mass is 19.1. The van der Waals surface area contributed by atoms with Gasteiger partial charge in [-0.3, -0.25) is 14.9 Å². The number of nitrogens with zero attached hydrogens (tertiary/aromatic N) is 1. The number of amides is 2. The highest BCUT2D eigenvalue weighted by molar-refractivity contribution is 6.00. The molecule has 6 heteroatoms. The Morgan fingerprint density at radius 2 is 1.88 bits per heavy atom. The van der Waals surface area contributed by atoms with Gasteiger partial charge in [-0.1, -0.05) is 26.8 Å². The largest absolute Gasteiger partial charge is 0.389 e. The summed E-state index contributed by atoms with van der Waals surface area (Å²) < 4.78 is 14.7. The summed E-state index contributed by atoms with van der Waals surface area (Å²) in [5.41, 5.74) is 0.136. The van der Waals surface area contributed by atoms with E-state index in [1.54, 1.807) is 12.1 Å². The number of anilines is 1. The molecule has 26 heavy (non-hydrogen) atoms. The molecule has 2 saturated heterocycles. The van der Waals surface area contributed by atoms with Crippen molar-refractivity contribution in [1.82, 2.24) is 5.32 Å². The van der Waals surface area contributed by atoms with Gasteiger partial charge in [0.15, 0.2) is 0 Å². The summed E-state index contributed by atoms with van der Waals surface area (Å²) in [6, 6.07) is 4.87. The third-order valence-corrected chi connectivity index (χ3v) is 5.94. The first kappa shape index (κ1) is 18.8. The van der Waals surface area contributed by atoms with Crippen molar-refractivity contribution in [3.63, 3.8) is 0 Å². The van der Waals surface area contributed by atoms with Crippen LogP contribution >= 0.6 is 0 Å². The number of hydrogen-bond acceptors (Lipinski definition) is 4. The van der Waals surface area contributed by atoms with Crippen LogP contribution < -0.4 is 10.2 Å². The van der Waals surface area contributed by atoms with Crippen LogP contribution in [0.5, 0.6) is 0 Å². The molecule has 2 fully saturated rings. The zero-order chi connectivity index (χ0) is 19.1. The Hall–Kier alpha value is -1.95. The number of halogens is 1. The molecule has 0 radical (unpaired) electrons. The summed E-state index contributed by atoms with van der Waals surface area (Å²) in [5, 5.41) is 13.1. The minimum Gasteiger partial charge on any atom is -0.389 e. The minimum absolute atomic E-state index is 0.215. The van der Waals surface area contributed by atoms with Crippen molar-refractivity contribution in [2.75, 3.05) is 18.0 Å². The van der Waals surface area contributed by atoms with Crippen molar-refractivity contribution in [2.45, 2.75) is 58.0 Å². The number of hydrogen-bond donors (Lipinski definition) is 2. The number of carbonyl (C=O) groups is 2. The molecule has 0 bridgehead atoms. The fraction of sp³-hybridized carbons (Fsp3) is 0.600. The van der Waals surface area contributed by atoms with Crippen LogP contribution in [0, 0.1) is 11.2 Å². The average molecular weight is 362 g/mol. The zero-order valence-electron chi connectivity index (χ0n) is 15.6. The molecule has 1 atom stereocenters. The molecule has 0 spiro atoms. The first-order valence-electron chi connectivity index (χ1n) is 9.21. The Labute approximate surface area is 153 Å². The number of carbonyl (C=O) groups excluding carboxylic acids is 2. The molecular formula is C20H27FN2O3. The van der Waals surface area contributed by atoms with Gasteiger partial charge in [0.25, 0.3) is 0 Å². The molecule has 5 nitrogen and oxygen atoms in total. The predicted octanol–water partition coefficient (Wildman–Crippen LogP) is 2.72. The van der Waals surface area contributed by atoms with Crippen LogP contribution in [0.4, 0.5) is 10.1 Å². The lowest BCUT2D eigenvalue weighted by Gasteiger charge is -2.46. The summed E-state index contributed by atoms with van der Waals surface area (Å²) >= 11 is 0. The molecule has 2 heterocycles. The van der Waals surface area contributed by atoms with E-state index in [9.17, 15) is 19.1 Å². The molecule has 0 aliphatic carbocycles. The summed E-state index contributed by atoms with van der Waals surface area (Å²) in [4.78, 5) is 25.2. The lowest BCUT2D eigenvalue weighted by Crippen LogP contribution is -2.52. The van der Waals surface area contributed by atoms with Gasteiger partial charge in [-0.05, 0) is 42.4 Å². The van der Waals surface area contributed by atoms with Gasteiger partial charge in [-0.2, -0.15) is 0 Å². The maximum atomic E-state index is 14.7. The van der Waals surface area contributed by atoms with Gasteiger partial charge >= 0.3 is 0 Å². The Morgan fingerprint density at radius 1 is 1.23 bits per heavy atom. The quantitative estimate of drug-likeness (QED) is 0.794. The lowest BCUT2D eigenvalue weighted by atomic mass is 9.71. The van der Waals surface area contributed by atoms with E-state index in [1.165, 1.54) is 6.07 Å². The van der Waals surface area contributed by atoms with Gasteiger partial charge in [0.1, 0.15) is 5.82 Å². The Kier molecular flexibility index (Phi) is 4.82. The molecule has 2 aliphatic rings. The fourth-order valence-electron chi connectivity index (χ4n) is 3.88. The van der Waals surface area contributed by atoms with Crippen molar-refractivity contribution in [3.05, 3.63) is 29.6 Å². The van der Waals surface area contributed by atoms with Crippen LogP contribution in [-0.2, 0) is 9.59 Å². The molecule has 1 aromatic carbocycles. The molecule has 0 saturated carbocycles. The Balaban J connectivity index is 1.73. The van der Waals surface area contributed by atoms with Crippen molar-refractivity contribution in [2.24, 2.45) is 5.41 Å². The molecule has 2 N–H and O–H groups in total. The number of nitrogens with one attached hydrogen (secondary N) is 1. The first-order chi connectivity index (χ1) is 12.1. The van der Waals surface area contributed by atoms with E-state index in [0.717, 1.165) is 0 Å². The smallest absolute Gasteiger partial charge is 0.234 e. The van der Waals surface area contributed by atoms with Crippen LogP contribution in [0.1, 0.15) is 57.9 Å². The van der Waals surface area contributed by atoms with Crippen LogP contribution in [0.25, 0.3) is 0 Å². The standard InChI is InChI=1S/C20H27FN2O3/c1-19(2,3)20(26)8-10-23(11-9-20)16-6-4-13(12-15(16)21)14-5-7-17(24)22-18(14)25/h4,6,12,14,26H,5,7-11H2,1-3H3,(H,22,24,25). The molecule has 142 valence electrons. The monoisotopic (exact) mass is 362 g/mol. The second kappa shape index (κ2) is 6.65. The van der Waals surface area contributed by atoms with Gasteiger partial charge in [-0.25, -0.2) is 4.39 Å². The number of aliphatic hydroxyl groups is 1. The van der Waals surface area contributed by atoms with Crippen molar-refractivity contribution in [1.29, 1.82) is 0 Å². The second-order valence-corrected chi connectivity index (χ2v) is 8.48. The molecule has 2 aliphatic heterocycles. The predicted molar refractivity (Wildman–Crippen MR) is 97.4 cm³/mol. The van der Waals surface area contributed by atoms with E-state index in [0.29, 0.717) is 43.6 Å². The topological polar surface area (TPSA) is 69.6 Å². The zero-order valence-corrected chi connectivity index (χ0v) is 15.6. The molecule has 0 aromatic heterocycles. The number of piperidine rings is 2.